The number of halogens is 6. The fourth-order valence-electron chi connectivity index (χ4n) is 6.18. The summed E-state index contributed by atoms with van der Waals surface area (Å²) in [4.78, 5) is 8.75. The first-order valence-electron chi connectivity index (χ1n) is 11.8. The van der Waals surface area contributed by atoms with Crippen molar-refractivity contribution in [2.75, 3.05) is 11.4 Å². The molecule has 1 N–H and O–H groups in total. The first kappa shape index (κ1) is 25.4. The van der Waals surface area contributed by atoms with Gasteiger partial charge >= 0.3 is 21.7 Å². The molecule has 2 heterocycles. The highest BCUT2D eigenvalue weighted by Crippen LogP contribution is 2.68. The van der Waals surface area contributed by atoms with Crippen LogP contribution in [-0.4, -0.2) is 40.8 Å². The molecule has 2 bridgehead atoms. The van der Waals surface area contributed by atoms with Crippen LogP contribution in [0.15, 0.2) is 24.7 Å². The van der Waals surface area contributed by atoms with E-state index in [0.29, 0.717) is 28.0 Å². The zero-order valence-corrected chi connectivity index (χ0v) is 20.3. The molecule has 0 amide bonds. The molecule has 6 nitrogen and oxygen atoms in total. The Hall–Kier alpha value is -2.28. The lowest BCUT2D eigenvalue weighted by molar-refractivity contribution is -0.138. The highest BCUT2D eigenvalue weighted by molar-refractivity contribution is 7.89. The number of benzene rings is 1. The predicted octanol–water partition coefficient (Wildman–Crippen LogP) is 5.22. The summed E-state index contributed by atoms with van der Waals surface area (Å²) in [7, 11) is -5.79. The molecule has 1 aromatic heterocycles. The van der Waals surface area contributed by atoms with Gasteiger partial charge in [-0.05, 0) is 60.3 Å². The molecule has 2 aromatic rings. The number of sulfonamides is 1. The standard InChI is InChI=1S/C23H26F6N4O2S/c1-2-3-16-17-11-32(36(34,35)23(27,28)29)12-20(21-6-14(7-21)8-21)33(10-15-9-30-13-31-15)19(17)5-4-18(16)22(24,25)26/h4-5,9,13-14,20H,2-3,6-8,10-12H2,1H3,(H,30,31). The molecule has 1 aliphatic heterocycles. The summed E-state index contributed by atoms with van der Waals surface area (Å²) >= 11 is 0. The number of anilines is 1. The molecule has 0 radical (unpaired) electrons. The predicted molar refractivity (Wildman–Crippen MR) is 119 cm³/mol. The summed E-state index contributed by atoms with van der Waals surface area (Å²) in [6.07, 6.45) is 0.791. The maximum absolute atomic E-state index is 14.0. The molecule has 0 spiro atoms. The zero-order valence-electron chi connectivity index (χ0n) is 19.5. The van der Waals surface area contributed by atoms with Gasteiger partial charge in [-0.15, -0.1) is 0 Å². The Kier molecular flexibility index (Phi) is 5.90. The second kappa shape index (κ2) is 8.37. The van der Waals surface area contributed by atoms with E-state index in [-0.39, 0.29) is 29.5 Å². The number of hydrogen-bond acceptors (Lipinski definition) is 4. The first-order valence-corrected chi connectivity index (χ1v) is 13.2. The lowest BCUT2D eigenvalue weighted by Gasteiger charge is -2.67. The Morgan fingerprint density at radius 3 is 2.33 bits per heavy atom. The van der Waals surface area contributed by atoms with Crippen LogP contribution in [-0.2, 0) is 35.7 Å². The van der Waals surface area contributed by atoms with Gasteiger partial charge in [-0.3, -0.25) is 0 Å². The van der Waals surface area contributed by atoms with Crippen molar-refractivity contribution in [3.8, 4) is 0 Å². The molecule has 3 saturated carbocycles. The summed E-state index contributed by atoms with van der Waals surface area (Å²) in [5.74, 6) is 0.456. The van der Waals surface area contributed by atoms with E-state index in [1.165, 1.54) is 12.4 Å². The number of aromatic nitrogens is 2. The normalized spacial score (nSPS) is 26.7. The quantitative estimate of drug-likeness (QED) is 0.514. The van der Waals surface area contributed by atoms with Crippen molar-refractivity contribution >= 4 is 15.7 Å². The van der Waals surface area contributed by atoms with Gasteiger partial charge in [-0.1, -0.05) is 13.3 Å². The number of H-pyrrole nitrogens is 1. The Morgan fingerprint density at radius 1 is 1.14 bits per heavy atom. The summed E-state index contributed by atoms with van der Waals surface area (Å²) in [6.45, 7) is 0.602. The van der Waals surface area contributed by atoms with Crippen LogP contribution in [0.5, 0.6) is 0 Å². The lowest BCUT2D eigenvalue weighted by atomic mass is 9.41. The Morgan fingerprint density at radius 2 is 1.83 bits per heavy atom. The van der Waals surface area contributed by atoms with E-state index in [2.05, 4.69) is 9.97 Å². The number of nitrogens with one attached hydrogen (secondary N) is 1. The number of rotatable bonds is 6. The number of hydrogen-bond donors (Lipinski definition) is 1. The van der Waals surface area contributed by atoms with Crippen LogP contribution in [0.2, 0.25) is 0 Å². The molecule has 6 rings (SSSR count). The van der Waals surface area contributed by atoms with E-state index in [4.69, 9.17) is 0 Å². The maximum Gasteiger partial charge on any atom is 0.511 e. The smallest absolute Gasteiger partial charge is 0.361 e. The van der Waals surface area contributed by atoms with Gasteiger partial charge in [-0.25, -0.2) is 13.4 Å². The number of fused-ring (bicyclic) bond motifs is 1. The number of aromatic amines is 1. The van der Waals surface area contributed by atoms with E-state index < -0.39 is 46.4 Å². The van der Waals surface area contributed by atoms with Gasteiger partial charge in [0.25, 0.3) is 0 Å². The molecule has 3 fully saturated rings. The Balaban J connectivity index is 1.73. The number of imidazole rings is 1. The van der Waals surface area contributed by atoms with Crippen molar-refractivity contribution < 1.29 is 34.8 Å². The third kappa shape index (κ3) is 3.98. The molecule has 4 aliphatic rings. The number of alkyl halides is 6. The minimum absolute atomic E-state index is 0.0203. The molecule has 198 valence electrons. The van der Waals surface area contributed by atoms with Crippen molar-refractivity contribution in [2.24, 2.45) is 11.3 Å². The summed E-state index contributed by atoms with van der Waals surface area (Å²) in [6, 6.07) is 1.63. The van der Waals surface area contributed by atoms with E-state index in [1.54, 1.807) is 13.1 Å². The van der Waals surface area contributed by atoms with Crippen LogP contribution in [0.3, 0.4) is 0 Å². The molecule has 1 unspecified atom stereocenters. The van der Waals surface area contributed by atoms with Crippen LogP contribution in [0.25, 0.3) is 0 Å². The Labute approximate surface area is 204 Å². The van der Waals surface area contributed by atoms with Gasteiger partial charge in [0.1, 0.15) is 0 Å². The van der Waals surface area contributed by atoms with Crippen molar-refractivity contribution in [1.82, 2.24) is 14.3 Å². The van der Waals surface area contributed by atoms with E-state index in [0.717, 1.165) is 25.3 Å². The molecule has 1 aromatic carbocycles. The third-order valence-corrected chi connectivity index (χ3v) is 9.47. The van der Waals surface area contributed by atoms with Gasteiger partial charge in [0, 0.05) is 31.0 Å². The van der Waals surface area contributed by atoms with Crippen LogP contribution in [0, 0.1) is 11.3 Å². The lowest BCUT2D eigenvalue weighted by Crippen LogP contribution is -2.66. The fraction of sp³-hybridized carbons (Fsp3) is 0.609. The van der Waals surface area contributed by atoms with Gasteiger partial charge in [-0.2, -0.15) is 30.6 Å². The number of nitrogens with zero attached hydrogens (tertiary/aromatic N) is 3. The molecular weight excluding hydrogens is 510 g/mol. The van der Waals surface area contributed by atoms with Crippen LogP contribution >= 0.6 is 0 Å². The van der Waals surface area contributed by atoms with Gasteiger partial charge < -0.3 is 9.88 Å². The van der Waals surface area contributed by atoms with Gasteiger partial charge in [0.2, 0.25) is 0 Å². The monoisotopic (exact) mass is 536 g/mol. The summed E-state index contributed by atoms with van der Waals surface area (Å²) < 4.78 is 109. The topological polar surface area (TPSA) is 69.3 Å². The van der Waals surface area contributed by atoms with E-state index >= 15 is 0 Å². The van der Waals surface area contributed by atoms with Gasteiger partial charge in [0.05, 0.1) is 24.1 Å². The molecular formula is C23H26F6N4O2S. The first-order chi connectivity index (χ1) is 16.8. The van der Waals surface area contributed by atoms with Crippen LogP contribution in [0.4, 0.5) is 32.0 Å². The molecule has 13 heteroatoms. The third-order valence-electron chi connectivity index (χ3n) is 7.93. The minimum Gasteiger partial charge on any atom is -0.361 e. The fourth-order valence-corrected chi connectivity index (χ4v) is 7.11. The van der Waals surface area contributed by atoms with Crippen molar-refractivity contribution in [3.63, 3.8) is 0 Å². The van der Waals surface area contributed by atoms with Crippen molar-refractivity contribution in [3.05, 3.63) is 47.0 Å². The largest absolute Gasteiger partial charge is 0.511 e. The second-order valence-corrected chi connectivity index (χ2v) is 12.1. The molecule has 3 aliphatic carbocycles. The SMILES string of the molecule is CCCc1c(C(F)(F)F)ccc2c1CN(S(=O)(=O)C(F)(F)F)CC(C13CC(C1)C3)N2Cc1cnc[nH]1. The average Bonchev–Trinajstić information content (AvgIpc) is 3.15. The zero-order chi connectivity index (χ0) is 26.1. The average molecular weight is 537 g/mol. The maximum atomic E-state index is 14.0. The highest BCUT2D eigenvalue weighted by Gasteiger charge is 2.63. The minimum atomic E-state index is -5.79. The Bertz CT molecular complexity index is 1230. The van der Waals surface area contributed by atoms with E-state index in [9.17, 15) is 34.8 Å². The van der Waals surface area contributed by atoms with Crippen LogP contribution in [0.1, 0.15) is 55.0 Å². The van der Waals surface area contributed by atoms with Crippen molar-refractivity contribution in [2.45, 2.75) is 69.8 Å². The second-order valence-electron chi connectivity index (χ2n) is 10.1. The molecule has 36 heavy (non-hydrogen) atoms. The van der Waals surface area contributed by atoms with Gasteiger partial charge in [0.15, 0.2) is 0 Å². The van der Waals surface area contributed by atoms with E-state index in [1.807, 2.05) is 4.90 Å². The molecule has 1 atom stereocenters. The highest BCUT2D eigenvalue weighted by atomic mass is 32.2. The summed E-state index contributed by atoms with van der Waals surface area (Å²) in [5.41, 5.74) is -6.09. The van der Waals surface area contributed by atoms with Crippen LogP contribution < -0.4 is 4.90 Å². The summed E-state index contributed by atoms with van der Waals surface area (Å²) in [5, 5.41) is 0. The molecule has 0 saturated heterocycles. The van der Waals surface area contributed by atoms with Crippen molar-refractivity contribution in [1.29, 1.82) is 0 Å².